The number of imidazole rings is 1. The lowest BCUT2D eigenvalue weighted by Crippen LogP contribution is -2.05. The van der Waals surface area contributed by atoms with Gasteiger partial charge in [0, 0.05) is 6.20 Å². The van der Waals surface area contributed by atoms with Crippen LogP contribution in [0.1, 0.15) is 16.1 Å². The smallest absolute Gasteiger partial charge is 0.296 e. The van der Waals surface area contributed by atoms with Crippen molar-refractivity contribution in [3.05, 3.63) is 34.7 Å². The van der Waals surface area contributed by atoms with Crippen LogP contribution in [0.25, 0.3) is 5.65 Å². The summed E-state index contributed by atoms with van der Waals surface area (Å²) >= 11 is 5.59. The summed E-state index contributed by atoms with van der Waals surface area (Å²) in [5.41, 5.74) is -0.813. The van der Waals surface area contributed by atoms with E-state index in [1.165, 1.54) is 4.40 Å². The van der Waals surface area contributed by atoms with Crippen LogP contribution in [0.4, 0.5) is 13.2 Å². The molecule has 16 heavy (non-hydrogen) atoms. The number of hydrogen-bond donors (Lipinski definition) is 0. The summed E-state index contributed by atoms with van der Waals surface area (Å²) in [5.74, 6) is 0. The first kappa shape index (κ1) is 10.9. The fourth-order valence-corrected chi connectivity index (χ4v) is 1.54. The predicted molar refractivity (Wildman–Crippen MR) is 50.6 cm³/mol. The molecule has 0 bridgehead atoms. The van der Waals surface area contributed by atoms with Crippen LogP contribution < -0.4 is 0 Å². The second-order valence-corrected chi connectivity index (χ2v) is 3.41. The van der Waals surface area contributed by atoms with Crippen molar-refractivity contribution in [3.8, 4) is 0 Å². The standard InChI is InChI=1S/C9H4ClF3N2O/c10-8-6(4-16)15-2-1-5(9(11,12)13)3-7(15)14-8/h1-4H. The molecule has 0 amide bonds. The number of carbonyl (C=O) groups is 1. The van der Waals surface area contributed by atoms with Crippen LogP contribution in [0.15, 0.2) is 18.3 Å². The van der Waals surface area contributed by atoms with E-state index in [1.54, 1.807) is 0 Å². The molecule has 0 atom stereocenters. The summed E-state index contributed by atoms with van der Waals surface area (Å²) in [7, 11) is 0. The Morgan fingerprint density at radius 3 is 2.69 bits per heavy atom. The Morgan fingerprint density at radius 1 is 1.44 bits per heavy atom. The number of rotatable bonds is 1. The molecule has 0 spiro atoms. The maximum Gasteiger partial charge on any atom is 0.416 e. The summed E-state index contributed by atoms with van der Waals surface area (Å²) in [6.45, 7) is 0. The first-order valence-corrected chi connectivity index (χ1v) is 4.51. The van der Waals surface area contributed by atoms with Crippen LogP contribution in [-0.4, -0.2) is 15.7 Å². The van der Waals surface area contributed by atoms with Crippen molar-refractivity contribution in [1.82, 2.24) is 9.38 Å². The summed E-state index contributed by atoms with van der Waals surface area (Å²) in [6, 6.07) is 1.69. The SMILES string of the molecule is O=Cc1c(Cl)nc2cc(C(F)(F)F)ccn12. The van der Waals surface area contributed by atoms with E-state index in [2.05, 4.69) is 4.98 Å². The van der Waals surface area contributed by atoms with Crippen molar-refractivity contribution in [2.45, 2.75) is 6.18 Å². The highest BCUT2D eigenvalue weighted by Gasteiger charge is 2.31. The minimum absolute atomic E-state index is 0.0121. The summed E-state index contributed by atoms with van der Waals surface area (Å²) in [4.78, 5) is 14.3. The van der Waals surface area contributed by atoms with E-state index < -0.39 is 11.7 Å². The first-order valence-electron chi connectivity index (χ1n) is 4.13. The monoisotopic (exact) mass is 248 g/mol. The number of hydrogen-bond acceptors (Lipinski definition) is 2. The second-order valence-electron chi connectivity index (χ2n) is 3.05. The van der Waals surface area contributed by atoms with Crippen LogP contribution >= 0.6 is 11.6 Å². The molecule has 7 heteroatoms. The molecule has 2 aromatic rings. The Labute approximate surface area is 92.5 Å². The van der Waals surface area contributed by atoms with Gasteiger partial charge in [0.2, 0.25) is 0 Å². The third kappa shape index (κ3) is 1.65. The molecule has 0 saturated heterocycles. The normalized spacial score (nSPS) is 12.0. The van der Waals surface area contributed by atoms with E-state index in [4.69, 9.17) is 11.6 Å². The number of pyridine rings is 1. The van der Waals surface area contributed by atoms with Crippen molar-refractivity contribution >= 4 is 23.5 Å². The zero-order valence-electron chi connectivity index (χ0n) is 7.62. The van der Waals surface area contributed by atoms with Gasteiger partial charge in [-0.25, -0.2) is 4.98 Å². The molecule has 84 valence electrons. The summed E-state index contributed by atoms with van der Waals surface area (Å²) in [6.07, 6.45) is -2.89. The average molecular weight is 249 g/mol. The summed E-state index contributed by atoms with van der Waals surface area (Å²) < 4.78 is 38.3. The van der Waals surface area contributed by atoms with E-state index in [-0.39, 0.29) is 16.5 Å². The van der Waals surface area contributed by atoms with Gasteiger partial charge in [0.1, 0.15) is 11.3 Å². The lowest BCUT2D eigenvalue weighted by atomic mass is 10.2. The highest BCUT2D eigenvalue weighted by molar-refractivity contribution is 6.31. The summed E-state index contributed by atoms with van der Waals surface area (Å²) in [5, 5.41) is -0.116. The fourth-order valence-electron chi connectivity index (χ4n) is 1.32. The molecule has 0 aliphatic carbocycles. The molecule has 0 saturated carbocycles. The zero-order valence-corrected chi connectivity index (χ0v) is 8.38. The third-order valence-electron chi connectivity index (χ3n) is 2.06. The van der Waals surface area contributed by atoms with Gasteiger partial charge < -0.3 is 0 Å². The quantitative estimate of drug-likeness (QED) is 0.728. The number of alkyl halides is 3. The number of fused-ring (bicyclic) bond motifs is 1. The third-order valence-corrected chi connectivity index (χ3v) is 2.34. The Morgan fingerprint density at radius 2 is 2.12 bits per heavy atom. The van der Waals surface area contributed by atoms with Gasteiger partial charge in [-0.1, -0.05) is 11.6 Å². The van der Waals surface area contributed by atoms with Crippen molar-refractivity contribution in [2.24, 2.45) is 0 Å². The number of aldehydes is 1. The molecule has 0 aliphatic heterocycles. The topological polar surface area (TPSA) is 34.4 Å². The number of aromatic nitrogens is 2. The molecule has 0 unspecified atom stereocenters. The van der Waals surface area contributed by atoms with Gasteiger partial charge >= 0.3 is 6.18 Å². The van der Waals surface area contributed by atoms with Crippen LogP contribution in [0, 0.1) is 0 Å². The van der Waals surface area contributed by atoms with Crippen LogP contribution in [0.3, 0.4) is 0 Å². The van der Waals surface area contributed by atoms with E-state index in [1.807, 2.05) is 0 Å². The molecule has 2 heterocycles. The fraction of sp³-hybridized carbons (Fsp3) is 0.111. The van der Waals surface area contributed by atoms with Crippen molar-refractivity contribution in [3.63, 3.8) is 0 Å². The second kappa shape index (κ2) is 3.48. The minimum atomic E-state index is -4.44. The predicted octanol–water partition coefficient (Wildman–Crippen LogP) is 2.82. The lowest BCUT2D eigenvalue weighted by Gasteiger charge is -2.06. The highest BCUT2D eigenvalue weighted by atomic mass is 35.5. The lowest BCUT2D eigenvalue weighted by molar-refractivity contribution is -0.137. The Hall–Kier alpha value is -1.56. The van der Waals surface area contributed by atoms with Crippen LogP contribution in [0.2, 0.25) is 5.15 Å². The Kier molecular flexibility index (Phi) is 2.38. The molecule has 2 aromatic heterocycles. The van der Waals surface area contributed by atoms with Gasteiger partial charge in [-0.15, -0.1) is 0 Å². The Bertz CT molecular complexity index is 562. The Balaban J connectivity index is 2.69. The molecule has 0 aromatic carbocycles. The average Bonchev–Trinajstić information content (AvgIpc) is 2.50. The molecule has 0 N–H and O–H groups in total. The van der Waals surface area contributed by atoms with E-state index in [0.29, 0.717) is 6.29 Å². The van der Waals surface area contributed by atoms with Crippen molar-refractivity contribution in [1.29, 1.82) is 0 Å². The van der Waals surface area contributed by atoms with Gasteiger partial charge in [0.05, 0.1) is 5.56 Å². The van der Waals surface area contributed by atoms with Gasteiger partial charge in [0.25, 0.3) is 0 Å². The van der Waals surface area contributed by atoms with Crippen LogP contribution in [-0.2, 0) is 6.18 Å². The van der Waals surface area contributed by atoms with Crippen molar-refractivity contribution < 1.29 is 18.0 Å². The molecule has 0 fully saturated rings. The number of halogens is 4. The maximum atomic E-state index is 12.4. The van der Waals surface area contributed by atoms with E-state index in [9.17, 15) is 18.0 Å². The van der Waals surface area contributed by atoms with Crippen molar-refractivity contribution in [2.75, 3.05) is 0 Å². The maximum absolute atomic E-state index is 12.4. The van der Waals surface area contributed by atoms with Gasteiger partial charge in [-0.05, 0) is 12.1 Å². The number of carbonyl (C=O) groups excluding carboxylic acids is 1. The molecule has 0 aliphatic rings. The van der Waals surface area contributed by atoms with Gasteiger partial charge in [0.15, 0.2) is 11.4 Å². The van der Waals surface area contributed by atoms with E-state index >= 15 is 0 Å². The zero-order chi connectivity index (χ0) is 11.9. The van der Waals surface area contributed by atoms with E-state index in [0.717, 1.165) is 18.3 Å². The molecular formula is C9H4ClF3N2O. The molecule has 0 radical (unpaired) electrons. The highest BCUT2D eigenvalue weighted by Crippen LogP contribution is 2.30. The van der Waals surface area contributed by atoms with Crippen LogP contribution in [0.5, 0.6) is 0 Å². The molecular weight excluding hydrogens is 245 g/mol. The van der Waals surface area contributed by atoms with Gasteiger partial charge in [-0.3, -0.25) is 9.20 Å². The van der Waals surface area contributed by atoms with Gasteiger partial charge in [-0.2, -0.15) is 13.2 Å². The molecule has 3 nitrogen and oxygen atoms in total. The number of nitrogens with zero attached hydrogens (tertiary/aromatic N) is 2. The molecule has 2 rings (SSSR count). The largest absolute Gasteiger partial charge is 0.416 e. The first-order chi connectivity index (χ1) is 7.43. The minimum Gasteiger partial charge on any atom is -0.296 e.